The highest BCUT2D eigenvalue weighted by Gasteiger charge is 2.36. The van der Waals surface area contributed by atoms with E-state index >= 15 is 0 Å². The van der Waals surface area contributed by atoms with Crippen molar-refractivity contribution in [3.8, 4) is 5.75 Å². The van der Waals surface area contributed by atoms with Crippen LogP contribution in [0.25, 0.3) is 0 Å². The highest BCUT2D eigenvalue weighted by molar-refractivity contribution is 5.96. The number of rotatable bonds is 3. The summed E-state index contributed by atoms with van der Waals surface area (Å²) in [4.78, 5) is 36.9. The molecule has 1 aromatic heterocycles. The zero-order valence-electron chi connectivity index (χ0n) is 11.9. The number of carbonyl (C=O) groups excluding carboxylic acids is 2. The van der Waals surface area contributed by atoms with Crippen LogP contribution >= 0.6 is 0 Å². The van der Waals surface area contributed by atoms with Gasteiger partial charge in [0.05, 0.1) is 13.2 Å². The van der Waals surface area contributed by atoms with Gasteiger partial charge in [-0.3, -0.25) is 19.1 Å². The summed E-state index contributed by atoms with van der Waals surface area (Å²) in [5, 5.41) is 0. The average molecular weight is 309 g/mol. The Balaban J connectivity index is 1.93. The number of fused-ring (bicyclic) bond motifs is 2. The number of hydrogen-bond acceptors (Lipinski definition) is 7. The van der Waals surface area contributed by atoms with Crippen LogP contribution in [0, 0.1) is 0 Å². The van der Waals surface area contributed by atoms with Crippen molar-refractivity contribution in [1.82, 2.24) is 9.58 Å². The molecule has 0 spiro atoms. The van der Waals surface area contributed by atoms with E-state index in [2.05, 4.69) is 10.2 Å². The summed E-state index contributed by atoms with van der Waals surface area (Å²) in [5.74, 6) is -1.02. The van der Waals surface area contributed by atoms with Crippen molar-refractivity contribution >= 4 is 11.9 Å². The minimum absolute atomic E-state index is 0.0813. The molecule has 0 aliphatic carbocycles. The first-order valence-corrected chi connectivity index (χ1v) is 6.75. The summed E-state index contributed by atoms with van der Waals surface area (Å²) in [6.45, 7) is 2.01. The van der Waals surface area contributed by atoms with Gasteiger partial charge in [-0.2, -0.15) is 0 Å². The Morgan fingerprint density at radius 2 is 2.32 bits per heavy atom. The van der Waals surface area contributed by atoms with Gasteiger partial charge in [-0.05, 0) is 0 Å². The molecule has 1 saturated heterocycles. The van der Waals surface area contributed by atoms with E-state index in [-0.39, 0.29) is 23.5 Å². The van der Waals surface area contributed by atoms with Crippen molar-refractivity contribution in [2.75, 3.05) is 32.0 Å². The summed E-state index contributed by atoms with van der Waals surface area (Å²) >= 11 is 0. The van der Waals surface area contributed by atoms with Gasteiger partial charge in [-0.25, -0.2) is 0 Å². The summed E-state index contributed by atoms with van der Waals surface area (Å²) in [7, 11) is 0. The summed E-state index contributed by atoms with van der Waals surface area (Å²) in [6, 6.07) is 1.27. The van der Waals surface area contributed by atoms with Crippen LogP contribution in [0.5, 0.6) is 5.75 Å². The molecule has 2 aliphatic heterocycles. The molecule has 0 saturated carbocycles. The largest absolute Gasteiger partial charge is 0.451 e. The maximum Gasteiger partial charge on any atom is 0.305 e. The van der Waals surface area contributed by atoms with Gasteiger partial charge in [0, 0.05) is 25.7 Å². The molecule has 22 heavy (non-hydrogen) atoms. The molecule has 3 rings (SSSR count). The van der Waals surface area contributed by atoms with Gasteiger partial charge < -0.3 is 24.5 Å². The van der Waals surface area contributed by atoms with Gasteiger partial charge in [0.25, 0.3) is 5.91 Å². The number of ether oxygens (including phenoxy) is 3. The van der Waals surface area contributed by atoms with E-state index < -0.39 is 18.2 Å². The smallest absolute Gasteiger partial charge is 0.305 e. The number of amides is 1. The number of nitrogens with zero attached hydrogens (tertiary/aromatic N) is 2. The van der Waals surface area contributed by atoms with E-state index in [1.165, 1.54) is 23.9 Å². The molecule has 9 nitrogen and oxygen atoms in total. The zero-order valence-corrected chi connectivity index (χ0v) is 11.9. The normalized spacial score (nSPS) is 19.8. The molecule has 118 valence electrons. The molecule has 9 heteroatoms. The monoisotopic (exact) mass is 309 g/mol. The fourth-order valence-corrected chi connectivity index (χ4v) is 2.39. The summed E-state index contributed by atoms with van der Waals surface area (Å²) in [5.41, 5.74) is 2.69. The lowest BCUT2D eigenvalue weighted by molar-refractivity contribution is -0.147. The highest BCUT2D eigenvalue weighted by Crippen LogP contribution is 2.22. The summed E-state index contributed by atoms with van der Waals surface area (Å²) in [6.07, 6.45) is 1.16. The van der Waals surface area contributed by atoms with Crippen molar-refractivity contribution < 1.29 is 23.8 Å². The highest BCUT2D eigenvalue weighted by atomic mass is 16.7. The Hall–Kier alpha value is -2.55. The molecular weight excluding hydrogens is 294 g/mol. The lowest BCUT2D eigenvalue weighted by atomic mass is 10.2. The predicted molar refractivity (Wildman–Crippen MR) is 73.0 cm³/mol. The van der Waals surface area contributed by atoms with Crippen LogP contribution in [-0.4, -0.2) is 54.2 Å². The van der Waals surface area contributed by atoms with Crippen LogP contribution in [0.4, 0.5) is 0 Å². The Bertz CT molecular complexity index is 670. The predicted octanol–water partition coefficient (Wildman–Crippen LogP) is -0.897. The van der Waals surface area contributed by atoms with E-state index in [0.29, 0.717) is 19.8 Å². The molecule has 1 fully saturated rings. The average Bonchev–Trinajstić information content (AvgIpc) is 2.49. The topological polar surface area (TPSA) is 99.1 Å². The van der Waals surface area contributed by atoms with Crippen LogP contribution in [-0.2, 0) is 14.3 Å². The molecule has 1 atom stereocenters. The third kappa shape index (κ3) is 2.50. The Kier molecular flexibility index (Phi) is 3.72. The molecule has 0 radical (unpaired) electrons. The second kappa shape index (κ2) is 5.68. The fraction of sp³-hybridized carbons (Fsp3) is 0.462. The Labute approximate surface area is 125 Å². The van der Waals surface area contributed by atoms with E-state index in [1.807, 2.05) is 0 Å². The van der Waals surface area contributed by atoms with Crippen LogP contribution < -0.4 is 15.6 Å². The number of morpholine rings is 1. The lowest BCUT2D eigenvalue weighted by Gasteiger charge is -2.41. The minimum atomic E-state index is -0.539. The summed E-state index contributed by atoms with van der Waals surface area (Å²) < 4.78 is 16.6. The van der Waals surface area contributed by atoms with Gasteiger partial charge >= 0.3 is 5.97 Å². The van der Waals surface area contributed by atoms with Crippen molar-refractivity contribution in [1.29, 1.82) is 0 Å². The first-order chi connectivity index (χ1) is 10.6. The third-order valence-corrected chi connectivity index (χ3v) is 3.40. The SMILES string of the molecule is CC(=O)OCOc1c2n(ccc1=O)N[C@@H]1COCCN1C2=O. The van der Waals surface area contributed by atoms with Crippen LogP contribution in [0.15, 0.2) is 17.1 Å². The lowest BCUT2D eigenvalue weighted by Crippen LogP contribution is -2.59. The van der Waals surface area contributed by atoms with Crippen LogP contribution in [0.1, 0.15) is 17.4 Å². The number of esters is 1. The van der Waals surface area contributed by atoms with E-state index in [4.69, 9.17) is 9.47 Å². The van der Waals surface area contributed by atoms with E-state index in [1.54, 1.807) is 4.90 Å². The van der Waals surface area contributed by atoms with Crippen LogP contribution in [0.3, 0.4) is 0 Å². The number of aromatic nitrogens is 1. The first-order valence-electron chi connectivity index (χ1n) is 6.75. The van der Waals surface area contributed by atoms with Gasteiger partial charge in [0.2, 0.25) is 18.0 Å². The minimum Gasteiger partial charge on any atom is -0.451 e. The Morgan fingerprint density at radius 3 is 3.09 bits per heavy atom. The molecule has 1 N–H and O–H groups in total. The molecule has 0 bridgehead atoms. The van der Waals surface area contributed by atoms with Crippen molar-refractivity contribution in [2.24, 2.45) is 0 Å². The standard InChI is InChI=1S/C13H15N3O6/c1-8(17)21-7-22-12-9(18)2-3-16-11(12)13(19)15-4-5-20-6-10(15)14-16/h2-3,10,14H,4-7H2,1H3/t10-/m0/s1. The third-order valence-electron chi connectivity index (χ3n) is 3.40. The quantitative estimate of drug-likeness (QED) is 0.571. The van der Waals surface area contributed by atoms with Gasteiger partial charge in [-0.1, -0.05) is 0 Å². The molecule has 3 heterocycles. The van der Waals surface area contributed by atoms with Crippen LogP contribution in [0.2, 0.25) is 0 Å². The van der Waals surface area contributed by atoms with E-state index in [9.17, 15) is 14.4 Å². The van der Waals surface area contributed by atoms with Gasteiger partial charge in [-0.15, -0.1) is 0 Å². The molecular formula is C13H15N3O6. The Morgan fingerprint density at radius 1 is 1.50 bits per heavy atom. The molecule has 0 aromatic carbocycles. The van der Waals surface area contributed by atoms with Crippen molar-refractivity contribution in [3.05, 3.63) is 28.2 Å². The molecule has 1 aromatic rings. The van der Waals surface area contributed by atoms with Gasteiger partial charge in [0.15, 0.2) is 5.69 Å². The maximum atomic E-state index is 12.6. The second-order valence-electron chi connectivity index (χ2n) is 4.84. The number of pyridine rings is 1. The van der Waals surface area contributed by atoms with Crippen molar-refractivity contribution in [2.45, 2.75) is 13.1 Å². The van der Waals surface area contributed by atoms with E-state index in [0.717, 1.165) is 0 Å². The second-order valence-corrected chi connectivity index (χ2v) is 4.84. The van der Waals surface area contributed by atoms with Gasteiger partial charge in [0.1, 0.15) is 6.17 Å². The molecule has 0 unspecified atom stereocenters. The maximum absolute atomic E-state index is 12.6. The first kappa shape index (κ1) is 14.4. The zero-order chi connectivity index (χ0) is 15.7. The van der Waals surface area contributed by atoms with Crippen molar-refractivity contribution in [3.63, 3.8) is 0 Å². The molecule has 2 aliphatic rings. The number of nitrogens with one attached hydrogen (secondary N) is 1. The number of hydrogen-bond donors (Lipinski definition) is 1. The molecule has 1 amide bonds. The fourth-order valence-electron chi connectivity index (χ4n) is 2.39. The number of carbonyl (C=O) groups is 2.